The molecule has 1 N–H and O–H groups in total. The van der Waals surface area contributed by atoms with E-state index in [4.69, 9.17) is 10.4 Å². The Bertz CT molecular complexity index is 1050. The van der Waals surface area contributed by atoms with Gasteiger partial charge in [-0.15, -0.1) is 0 Å². The van der Waals surface area contributed by atoms with Crippen LogP contribution in [0.15, 0.2) is 47.5 Å². The number of benzene rings is 2. The molecule has 3 aromatic rings. The van der Waals surface area contributed by atoms with Crippen LogP contribution < -0.4 is 5.56 Å². The number of carboxylic acids is 1. The SMILES string of the molecule is N#Cc1cccc(-n2cnc3c(I)cc(C(=O)O)cc3c2=O)c1. The van der Waals surface area contributed by atoms with Crippen molar-refractivity contribution in [2.24, 2.45) is 0 Å². The molecule has 112 valence electrons. The highest BCUT2D eigenvalue weighted by Crippen LogP contribution is 2.19. The number of hydrogen-bond donors (Lipinski definition) is 1. The Labute approximate surface area is 143 Å². The molecule has 0 aliphatic heterocycles. The van der Waals surface area contributed by atoms with Crippen LogP contribution in [0.5, 0.6) is 0 Å². The summed E-state index contributed by atoms with van der Waals surface area (Å²) in [7, 11) is 0. The highest BCUT2D eigenvalue weighted by atomic mass is 127. The number of nitriles is 1. The minimum atomic E-state index is -1.11. The van der Waals surface area contributed by atoms with E-state index in [1.807, 2.05) is 28.7 Å². The van der Waals surface area contributed by atoms with Gasteiger partial charge in [-0.25, -0.2) is 9.78 Å². The molecule has 0 fully saturated rings. The Balaban J connectivity index is 2.32. The highest BCUT2D eigenvalue weighted by Gasteiger charge is 2.13. The standard InChI is InChI=1S/C16H8IN3O3/c17-13-6-10(16(22)23)5-12-14(13)19-8-20(15(12)21)11-3-1-2-9(4-11)7-18/h1-6,8H,(H,22,23). The van der Waals surface area contributed by atoms with Crippen LogP contribution in [0.2, 0.25) is 0 Å². The van der Waals surface area contributed by atoms with Crippen LogP contribution in [0.25, 0.3) is 16.6 Å². The van der Waals surface area contributed by atoms with E-state index in [2.05, 4.69) is 4.98 Å². The molecule has 0 unspecified atom stereocenters. The molecule has 6 nitrogen and oxygen atoms in total. The number of halogens is 1. The summed E-state index contributed by atoms with van der Waals surface area (Å²) < 4.78 is 1.89. The maximum absolute atomic E-state index is 12.7. The first-order chi connectivity index (χ1) is 11.0. The van der Waals surface area contributed by atoms with Crippen LogP contribution >= 0.6 is 22.6 Å². The first-order valence-corrected chi connectivity index (χ1v) is 7.54. The zero-order valence-corrected chi connectivity index (χ0v) is 13.7. The van der Waals surface area contributed by atoms with Crippen molar-refractivity contribution in [2.75, 3.05) is 0 Å². The van der Waals surface area contributed by atoms with Crippen molar-refractivity contribution in [2.45, 2.75) is 0 Å². The van der Waals surface area contributed by atoms with Crippen molar-refractivity contribution in [3.63, 3.8) is 0 Å². The number of aromatic carboxylic acids is 1. The average Bonchev–Trinajstić information content (AvgIpc) is 2.55. The van der Waals surface area contributed by atoms with Crippen molar-refractivity contribution >= 4 is 39.5 Å². The molecule has 0 saturated heterocycles. The van der Waals surface area contributed by atoms with Crippen molar-refractivity contribution in [1.29, 1.82) is 5.26 Å². The summed E-state index contributed by atoms with van der Waals surface area (Å²) in [5.41, 5.74) is 1.02. The third-order valence-electron chi connectivity index (χ3n) is 3.32. The predicted molar refractivity (Wildman–Crippen MR) is 91.7 cm³/mol. The molecule has 0 bridgehead atoms. The van der Waals surface area contributed by atoms with Gasteiger partial charge in [0.1, 0.15) is 6.33 Å². The first-order valence-electron chi connectivity index (χ1n) is 6.46. The molecular formula is C16H8IN3O3. The number of hydrogen-bond acceptors (Lipinski definition) is 4. The monoisotopic (exact) mass is 417 g/mol. The van der Waals surface area contributed by atoms with E-state index in [1.165, 1.54) is 23.0 Å². The molecule has 0 atom stereocenters. The van der Waals surface area contributed by atoms with E-state index < -0.39 is 5.97 Å². The second kappa shape index (κ2) is 5.81. The van der Waals surface area contributed by atoms with Crippen LogP contribution in [0.4, 0.5) is 0 Å². The van der Waals surface area contributed by atoms with Gasteiger partial charge in [-0.3, -0.25) is 9.36 Å². The van der Waals surface area contributed by atoms with Crippen LogP contribution in [0.1, 0.15) is 15.9 Å². The lowest BCUT2D eigenvalue weighted by Gasteiger charge is -2.08. The van der Waals surface area contributed by atoms with Gasteiger partial charge in [0.25, 0.3) is 5.56 Å². The molecule has 3 rings (SSSR count). The number of aromatic nitrogens is 2. The van der Waals surface area contributed by atoms with Crippen LogP contribution in [0.3, 0.4) is 0 Å². The summed E-state index contributed by atoms with van der Waals surface area (Å²) in [6.07, 6.45) is 1.38. The van der Waals surface area contributed by atoms with E-state index in [9.17, 15) is 9.59 Å². The molecule has 0 amide bonds. The molecule has 0 aliphatic carbocycles. The third-order valence-corrected chi connectivity index (χ3v) is 4.14. The minimum absolute atomic E-state index is 0.0318. The van der Waals surface area contributed by atoms with Crippen LogP contribution in [-0.4, -0.2) is 20.6 Å². The normalized spacial score (nSPS) is 10.4. The Morgan fingerprint density at radius 1 is 1.30 bits per heavy atom. The Morgan fingerprint density at radius 3 is 2.78 bits per heavy atom. The summed E-state index contributed by atoms with van der Waals surface area (Å²) in [6, 6.07) is 11.4. The van der Waals surface area contributed by atoms with Gasteiger partial charge < -0.3 is 5.11 Å². The van der Waals surface area contributed by atoms with Crippen LogP contribution in [-0.2, 0) is 0 Å². The lowest BCUT2D eigenvalue weighted by molar-refractivity contribution is 0.0697. The quantitative estimate of drug-likeness (QED) is 0.647. The summed E-state index contributed by atoms with van der Waals surface area (Å²) >= 11 is 1.95. The highest BCUT2D eigenvalue weighted by molar-refractivity contribution is 14.1. The topological polar surface area (TPSA) is 96.0 Å². The molecule has 7 heteroatoms. The van der Waals surface area contributed by atoms with Gasteiger partial charge in [-0.05, 0) is 52.9 Å². The zero-order valence-electron chi connectivity index (χ0n) is 11.5. The summed E-state index contributed by atoms with van der Waals surface area (Å²) in [5, 5.41) is 18.3. The predicted octanol–water partition coefficient (Wildman–Crippen LogP) is 2.56. The molecular weight excluding hydrogens is 409 g/mol. The minimum Gasteiger partial charge on any atom is -0.478 e. The van der Waals surface area contributed by atoms with Crippen molar-refractivity contribution in [3.8, 4) is 11.8 Å². The van der Waals surface area contributed by atoms with E-state index in [0.717, 1.165) is 0 Å². The molecule has 0 aliphatic rings. The largest absolute Gasteiger partial charge is 0.478 e. The van der Waals surface area contributed by atoms with Crippen molar-refractivity contribution in [1.82, 2.24) is 9.55 Å². The number of fused-ring (bicyclic) bond motifs is 1. The molecule has 23 heavy (non-hydrogen) atoms. The third kappa shape index (κ3) is 2.68. The average molecular weight is 417 g/mol. The van der Waals surface area contributed by atoms with E-state index >= 15 is 0 Å². The Hall–Kier alpha value is -2.73. The number of carboxylic acid groups (broad SMARTS) is 1. The maximum atomic E-state index is 12.7. The lowest BCUT2D eigenvalue weighted by Crippen LogP contribution is -2.19. The molecule has 0 spiro atoms. The maximum Gasteiger partial charge on any atom is 0.335 e. The molecule has 1 heterocycles. The van der Waals surface area contributed by atoms with Gasteiger partial charge in [-0.1, -0.05) is 6.07 Å². The van der Waals surface area contributed by atoms with Gasteiger partial charge in [0, 0.05) is 3.57 Å². The Kier molecular flexibility index (Phi) is 3.83. The summed E-state index contributed by atoms with van der Waals surface area (Å²) in [6.45, 7) is 0. The molecule has 0 radical (unpaired) electrons. The van der Waals surface area contributed by atoms with Crippen LogP contribution in [0, 0.1) is 14.9 Å². The first kappa shape index (κ1) is 15.2. The number of carbonyl (C=O) groups is 1. The summed E-state index contributed by atoms with van der Waals surface area (Å²) in [4.78, 5) is 28.1. The second-order valence-corrected chi connectivity index (χ2v) is 5.90. The van der Waals surface area contributed by atoms with Crippen molar-refractivity contribution < 1.29 is 9.90 Å². The van der Waals surface area contributed by atoms with Gasteiger partial charge in [0.2, 0.25) is 0 Å². The zero-order chi connectivity index (χ0) is 16.6. The molecule has 0 saturated carbocycles. The van der Waals surface area contributed by atoms with Gasteiger partial charge >= 0.3 is 5.97 Å². The van der Waals surface area contributed by atoms with E-state index in [1.54, 1.807) is 24.3 Å². The molecule has 2 aromatic carbocycles. The fraction of sp³-hybridized carbons (Fsp3) is 0. The smallest absolute Gasteiger partial charge is 0.335 e. The fourth-order valence-electron chi connectivity index (χ4n) is 2.22. The van der Waals surface area contributed by atoms with Gasteiger partial charge in [0.05, 0.1) is 33.8 Å². The number of nitrogens with zero attached hydrogens (tertiary/aromatic N) is 3. The summed E-state index contributed by atoms with van der Waals surface area (Å²) in [5.74, 6) is -1.11. The van der Waals surface area contributed by atoms with Gasteiger partial charge in [-0.2, -0.15) is 5.26 Å². The Morgan fingerprint density at radius 2 is 2.09 bits per heavy atom. The molecule has 1 aromatic heterocycles. The lowest BCUT2D eigenvalue weighted by atomic mass is 10.1. The number of rotatable bonds is 2. The van der Waals surface area contributed by atoms with E-state index in [-0.39, 0.29) is 16.5 Å². The fourth-order valence-corrected chi connectivity index (χ4v) is 2.99. The van der Waals surface area contributed by atoms with E-state index in [0.29, 0.717) is 20.3 Å². The van der Waals surface area contributed by atoms with Crippen molar-refractivity contribution in [3.05, 3.63) is 67.8 Å². The van der Waals surface area contributed by atoms with Gasteiger partial charge in [0.15, 0.2) is 0 Å². The second-order valence-electron chi connectivity index (χ2n) is 4.74.